The van der Waals surface area contributed by atoms with E-state index in [-0.39, 0.29) is 11.5 Å². The van der Waals surface area contributed by atoms with Crippen LogP contribution in [0.15, 0.2) is 71.5 Å². The minimum absolute atomic E-state index is 0.0134. The number of amides is 1. The smallest absolute Gasteiger partial charge is 0.275 e. The van der Waals surface area contributed by atoms with Crippen LogP contribution in [-0.4, -0.2) is 56.5 Å². The molecule has 1 aliphatic heterocycles. The van der Waals surface area contributed by atoms with Gasteiger partial charge in [-0.25, -0.2) is 4.98 Å². The Bertz CT molecular complexity index is 1410. The van der Waals surface area contributed by atoms with Crippen LogP contribution in [0.3, 0.4) is 0 Å². The third-order valence-corrected chi connectivity index (χ3v) is 6.85. The third kappa shape index (κ3) is 5.09. The summed E-state index contributed by atoms with van der Waals surface area (Å²) in [4.78, 5) is 34.4. The molecular formula is C25H22ClN5O2S. The molecule has 1 saturated heterocycles. The van der Waals surface area contributed by atoms with Gasteiger partial charge in [-0.1, -0.05) is 65.4 Å². The van der Waals surface area contributed by atoms with Crippen molar-refractivity contribution in [3.63, 3.8) is 0 Å². The van der Waals surface area contributed by atoms with Gasteiger partial charge in [0.05, 0.1) is 5.69 Å². The highest BCUT2D eigenvalue weighted by atomic mass is 35.5. The second-order valence-corrected chi connectivity index (χ2v) is 9.44. The summed E-state index contributed by atoms with van der Waals surface area (Å²) in [6, 6.07) is 18.7. The van der Waals surface area contributed by atoms with Crippen LogP contribution in [0.2, 0.25) is 5.02 Å². The summed E-state index contributed by atoms with van der Waals surface area (Å²) in [5, 5.41) is 5.73. The van der Waals surface area contributed by atoms with Crippen LogP contribution in [-0.2, 0) is 11.3 Å². The van der Waals surface area contributed by atoms with E-state index in [1.807, 2.05) is 59.5 Å². The van der Waals surface area contributed by atoms with Crippen LogP contribution in [0.25, 0.3) is 21.6 Å². The number of fused-ring (bicyclic) bond motifs is 1. The number of benzene rings is 2. The van der Waals surface area contributed by atoms with E-state index in [1.54, 1.807) is 12.1 Å². The number of hydrogen-bond donors (Lipinski definition) is 0. The lowest BCUT2D eigenvalue weighted by molar-refractivity contribution is -0.127. The van der Waals surface area contributed by atoms with Crippen molar-refractivity contribution in [3.8, 4) is 10.6 Å². The molecule has 1 aliphatic rings. The number of nitrogens with zero attached hydrogens (tertiary/aromatic N) is 5. The number of rotatable bonds is 5. The van der Waals surface area contributed by atoms with Gasteiger partial charge in [0.25, 0.3) is 5.56 Å². The second-order valence-electron chi connectivity index (χ2n) is 8.04. The van der Waals surface area contributed by atoms with E-state index in [4.69, 9.17) is 11.6 Å². The molecule has 3 heterocycles. The first-order valence-electron chi connectivity index (χ1n) is 11.0. The Balaban J connectivity index is 1.23. The van der Waals surface area contributed by atoms with Crippen molar-refractivity contribution in [1.82, 2.24) is 24.4 Å². The molecule has 172 valence electrons. The summed E-state index contributed by atoms with van der Waals surface area (Å²) >= 11 is 7.45. The van der Waals surface area contributed by atoms with Gasteiger partial charge >= 0.3 is 0 Å². The first kappa shape index (κ1) is 22.5. The molecule has 0 radical (unpaired) electrons. The lowest BCUT2D eigenvalue weighted by atomic mass is 10.2. The maximum absolute atomic E-state index is 12.6. The van der Waals surface area contributed by atoms with Crippen molar-refractivity contribution in [2.45, 2.75) is 6.54 Å². The van der Waals surface area contributed by atoms with Crippen LogP contribution in [0, 0.1) is 0 Å². The average molecular weight is 492 g/mol. The van der Waals surface area contributed by atoms with Crippen LogP contribution in [0.4, 0.5) is 0 Å². The maximum atomic E-state index is 12.6. The molecule has 2 aromatic carbocycles. The Hall–Kier alpha value is -3.33. The number of hydrogen-bond acceptors (Lipinski definition) is 6. The Kier molecular flexibility index (Phi) is 6.53. The normalized spacial score (nSPS) is 14.8. The Morgan fingerprint density at radius 1 is 1.03 bits per heavy atom. The fourth-order valence-electron chi connectivity index (χ4n) is 3.87. The van der Waals surface area contributed by atoms with E-state index in [1.165, 1.54) is 21.9 Å². The van der Waals surface area contributed by atoms with Crippen molar-refractivity contribution >= 4 is 39.9 Å². The van der Waals surface area contributed by atoms with Gasteiger partial charge in [-0.05, 0) is 23.8 Å². The molecule has 0 atom stereocenters. The molecular weight excluding hydrogens is 470 g/mol. The zero-order valence-corrected chi connectivity index (χ0v) is 19.9. The minimum atomic E-state index is -0.204. The maximum Gasteiger partial charge on any atom is 0.275 e. The molecule has 1 fully saturated rings. The molecule has 0 unspecified atom stereocenters. The number of halogens is 1. The molecule has 7 nitrogen and oxygen atoms in total. The van der Waals surface area contributed by atoms with Gasteiger partial charge in [0, 0.05) is 55.5 Å². The summed E-state index contributed by atoms with van der Waals surface area (Å²) in [5.74, 6) is 0.0134. The van der Waals surface area contributed by atoms with E-state index >= 15 is 0 Å². The molecule has 9 heteroatoms. The fraction of sp³-hybridized carbons (Fsp3) is 0.200. The van der Waals surface area contributed by atoms with E-state index < -0.39 is 0 Å². The zero-order valence-electron chi connectivity index (χ0n) is 18.3. The van der Waals surface area contributed by atoms with E-state index in [2.05, 4.69) is 15.0 Å². The van der Waals surface area contributed by atoms with Gasteiger partial charge in [0.15, 0.2) is 0 Å². The monoisotopic (exact) mass is 491 g/mol. The van der Waals surface area contributed by atoms with Crippen LogP contribution < -0.4 is 5.56 Å². The number of piperazine rings is 1. The summed E-state index contributed by atoms with van der Waals surface area (Å²) < 4.78 is 1.33. The Morgan fingerprint density at radius 2 is 1.82 bits per heavy atom. The predicted molar refractivity (Wildman–Crippen MR) is 135 cm³/mol. The molecule has 4 aromatic rings. The Morgan fingerprint density at radius 3 is 2.59 bits per heavy atom. The van der Waals surface area contributed by atoms with Crippen molar-refractivity contribution < 1.29 is 4.79 Å². The highest BCUT2D eigenvalue weighted by molar-refractivity contribution is 7.19. The Labute approximate surface area is 205 Å². The summed E-state index contributed by atoms with van der Waals surface area (Å²) in [5.41, 5.74) is 2.36. The predicted octanol–water partition coefficient (Wildman–Crippen LogP) is 3.83. The van der Waals surface area contributed by atoms with Crippen molar-refractivity contribution in [3.05, 3.63) is 93.4 Å². The SMILES string of the molecule is O=C(C=Cc1ccccc1)N1CCN(Cc2cc(=O)n3nc(-c4cccc(Cl)c4)sc3n2)CC1. The van der Waals surface area contributed by atoms with Crippen LogP contribution in [0.1, 0.15) is 11.3 Å². The average Bonchev–Trinajstić information content (AvgIpc) is 3.29. The highest BCUT2D eigenvalue weighted by Crippen LogP contribution is 2.26. The van der Waals surface area contributed by atoms with Crippen LogP contribution in [0.5, 0.6) is 0 Å². The summed E-state index contributed by atoms with van der Waals surface area (Å²) in [6.45, 7) is 3.28. The van der Waals surface area contributed by atoms with Gasteiger partial charge in [-0.15, -0.1) is 0 Å². The molecule has 0 N–H and O–H groups in total. The minimum Gasteiger partial charge on any atom is -0.337 e. The molecule has 0 spiro atoms. The molecule has 34 heavy (non-hydrogen) atoms. The lowest BCUT2D eigenvalue weighted by Crippen LogP contribution is -2.48. The van der Waals surface area contributed by atoms with E-state index in [0.29, 0.717) is 40.3 Å². The first-order valence-corrected chi connectivity index (χ1v) is 12.1. The fourth-order valence-corrected chi connectivity index (χ4v) is 4.98. The van der Waals surface area contributed by atoms with Crippen molar-refractivity contribution in [2.75, 3.05) is 26.2 Å². The van der Waals surface area contributed by atoms with E-state index in [9.17, 15) is 9.59 Å². The van der Waals surface area contributed by atoms with Crippen LogP contribution >= 0.6 is 22.9 Å². The number of aromatic nitrogens is 3. The molecule has 0 aliphatic carbocycles. The highest BCUT2D eigenvalue weighted by Gasteiger charge is 2.21. The molecule has 2 aromatic heterocycles. The summed E-state index contributed by atoms with van der Waals surface area (Å²) in [6.07, 6.45) is 3.47. The van der Waals surface area contributed by atoms with Crippen molar-refractivity contribution in [1.29, 1.82) is 0 Å². The van der Waals surface area contributed by atoms with Gasteiger partial charge in [-0.2, -0.15) is 9.61 Å². The standard InChI is InChI=1S/C25H22ClN5O2S/c26-20-8-4-7-19(15-20)24-28-31-23(33)16-21(27-25(31)34-24)17-29-11-13-30(14-12-29)22(32)10-9-18-5-2-1-3-6-18/h1-10,15-16H,11-14,17H2. The number of carbonyl (C=O) groups excluding carboxylic acids is 1. The summed E-state index contributed by atoms with van der Waals surface area (Å²) in [7, 11) is 0. The topological polar surface area (TPSA) is 70.8 Å². The number of carbonyl (C=O) groups is 1. The molecule has 1 amide bonds. The molecule has 5 rings (SSSR count). The molecule has 0 saturated carbocycles. The van der Waals surface area contributed by atoms with Gasteiger partial charge in [0.1, 0.15) is 5.01 Å². The molecule has 0 bridgehead atoms. The van der Waals surface area contributed by atoms with E-state index in [0.717, 1.165) is 24.2 Å². The largest absolute Gasteiger partial charge is 0.337 e. The quantitative estimate of drug-likeness (QED) is 0.397. The van der Waals surface area contributed by atoms with Gasteiger partial charge in [-0.3, -0.25) is 14.5 Å². The first-order chi connectivity index (χ1) is 16.5. The third-order valence-electron chi connectivity index (χ3n) is 5.66. The van der Waals surface area contributed by atoms with Gasteiger partial charge in [0.2, 0.25) is 10.9 Å². The van der Waals surface area contributed by atoms with Gasteiger partial charge < -0.3 is 4.90 Å². The second kappa shape index (κ2) is 9.89. The zero-order chi connectivity index (χ0) is 23.5. The lowest BCUT2D eigenvalue weighted by Gasteiger charge is -2.34. The van der Waals surface area contributed by atoms with Crippen molar-refractivity contribution in [2.24, 2.45) is 0 Å².